The summed E-state index contributed by atoms with van der Waals surface area (Å²) in [6.45, 7) is 4.38. The van der Waals surface area contributed by atoms with Gasteiger partial charge in [-0.05, 0) is 38.8 Å². The zero-order valence-electron chi connectivity index (χ0n) is 19.4. The number of aromatic nitrogens is 1. The number of ether oxygens (including phenoxy) is 2. The zero-order chi connectivity index (χ0) is 24.5. The van der Waals surface area contributed by atoms with Gasteiger partial charge < -0.3 is 20.5 Å². The third kappa shape index (κ3) is 4.58. The van der Waals surface area contributed by atoms with Crippen LogP contribution in [0, 0.1) is 0 Å². The molecule has 0 spiro atoms. The Bertz CT molecular complexity index is 1140. The Kier molecular flexibility index (Phi) is 6.77. The summed E-state index contributed by atoms with van der Waals surface area (Å²) in [6.07, 6.45) is 4.54. The summed E-state index contributed by atoms with van der Waals surface area (Å²) >= 11 is 6.72. The van der Waals surface area contributed by atoms with Crippen LogP contribution in [0.2, 0.25) is 5.02 Å². The van der Waals surface area contributed by atoms with Crippen molar-refractivity contribution in [2.45, 2.75) is 50.8 Å². The number of pyridine rings is 1. The maximum absolute atomic E-state index is 13.2. The average Bonchev–Trinajstić information content (AvgIpc) is 2.79. The molecule has 0 saturated carbocycles. The molecule has 3 heterocycles. The highest BCUT2D eigenvalue weighted by atomic mass is 35.5. The predicted molar refractivity (Wildman–Crippen MR) is 129 cm³/mol. The minimum absolute atomic E-state index is 0.0416. The summed E-state index contributed by atoms with van der Waals surface area (Å²) in [7, 11) is 1.48. The van der Waals surface area contributed by atoms with Gasteiger partial charge in [-0.1, -0.05) is 23.7 Å². The molecule has 4 rings (SSSR count). The number of nitrogens with zero attached hydrogens (tertiary/aromatic N) is 3. The Morgan fingerprint density at radius 2 is 2.18 bits per heavy atom. The second-order valence-electron chi connectivity index (χ2n) is 8.74. The maximum atomic E-state index is 13.2. The van der Waals surface area contributed by atoms with Crippen LogP contribution in [0.3, 0.4) is 0 Å². The number of amides is 2. The molecule has 2 aliphatic heterocycles. The fourth-order valence-corrected chi connectivity index (χ4v) is 4.95. The number of guanidine groups is 1. The largest absolute Gasteiger partial charge is 0.496 e. The number of carbonyl (C=O) groups is 2. The summed E-state index contributed by atoms with van der Waals surface area (Å²) < 4.78 is 10.8. The molecule has 1 aromatic heterocycles. The number of carbonyl (C=O) groups excluding carboxylic acids is 2. The highest BCUT2D eigenvalue weighted by Gasteiger charge is 2.42. The summed E-state index contributed by atoms with van der Waals surface area (Å²) in [5.41, 5.74) is 6.60. The number of hydrogen-bond acceptors (Lipinski definition) is 7. The molecule has 34 heavy (non-hydrogen) atoms. The van der Waals surface area contributed by atoms with Gasteiger partial charge in [0.05, 0.1) is 41.4 Å². The summed E-state index contributed by atoms with van der Waals surface area (Å²) in [6, 6.07) is 6.79. The molecule has 2 amide bonds. The molecule has 3 N–H and O–H groups in total. The Hall–Kier alpha value is -3.17. The van der Waals surface area contributed by atoms with Gasteiger partial charge in [0.15, 0.2) is 5.96 Å². The Morgan fingerprint density at radius 3 is 2.88 bits per heavy atom. The zero-order valence-corrected chi connectivity index (χ0v) is 20.1. The first kappa shape index (κ1) is 24.0. The van der Waals surface area contributed by atoms with Gasteiger partial charge in [0.2, 0.25) is 5.91 Å². The quantitative estimate of drug-likeness (QED) is 0.670. The number of methoxy groups -OCH3 is 1. The minimum Gasteiger partial charge on any atom is -0.496 e. The number of hydrogen-bond donors (Lipinski definition) is 2. The summed E-state index contributed by atoms with van der Waals surface area (Å²) in [5.74, 6) is 0.0318. The van der Waals surface area contributed by atoms with E-state index in [-0.39, 0.29) is 36.0 Å². The third-order valence-electron chi connectivity index (χ3n) is 6.27. The molecule has 2 aromatic rings. The van der Waals surface area contributed by atoms with Crippen molar-refractivity contribution in [2.75, 3.05) is 19.0 Å². The molecule has 2 aliphatic rings. The van der Waals surface area contributed by atoms with E-state index in [1.807, 2.05) is 13.8 Å². The second kappa shape index (κ2) is 9.60. The Morgan fingerprint density at radius 1 is 1.38 bits per heavy atom. The van der Waals surface area contributed by atoms with Crippen molar-refractivity contribution >= 4 is 35.1 Å². The highest BCUT2D eigenvalue weighted by Crippen LogP contribution is 2.41. The lowest BCUT2D eigenvalue weighted by molar-refractivity contribution is -0.133. The Labute approximate surface area is 203 Å². The van der Waals surface area contributed by atoms with E-state index in [9.17, 15) is 9.59 Å². The van der Waals surface area contributed by atoms with Crippen LogP contribution in [-0.4, -0.2) is 53.5 Å². The molecule has 0 unspecified atom stereocenters. The summed E-state index contributed by atoms with van der Waals surface area (Å²) in [5, 5.41) is 3.10. The molecule has 9 nitrogen and oxygen atoms in total. The van der Waals surface area contributed by atoms with Crippen molar-refractivity contribution in [1.82, 2.24) is 9.88 Å². The van der Waals surface area contributed by atoms with E-state index in [4.69, 9.17) is 31.8 Å². The van der Waals surface area contributed by atoms with Crippen molar-refractivity contribution in [3.8, 4) is 5.75 Å². The highest BCUT2D eigenvalue weighted by molar-refractivity contribution is 6.35. The molecular formula is C24H28ClN5O4. The monoisotopic (exact) mass is 485 g/mol. The first-order valence-corrected chi connectivity index (χ1v) is 11.5. The lowest BCUT2D eigenvalue weighted by atomic mass is 9.86. The van der Waals surface area contributed by atoms with E-state index in [2.05, 4.69) is 10.3 Å². The molecule has 0 aliphatic carbocycles. The average molecular weight is 486 g/mol. The van der Waals surface area contributed by atoms with Crippen molar-refractivity contribution in [2.24, 2.45) is 10.7 Å². The van der Waals surface area contributed by atoms with Gasteiger partial charge in [-0.25, -0.2) is 4.99 Å². The first-order chi connectivity index (χ1) is 16.2. The standard InChI is InChI=1S/C24H28ClN5O4/c1-14-11-15(8-10-34-14)30-20(31)12-24(2,29-23(30)26)17-5-4-6-18(21(17)25)28-22(32)16-13-27-9-7-19(16)33-3/h4-7,9,13-15H,8,10-12H2,1-3H3,(H2,26,29)(H,28,32)/t14-,15-,24+/m1/s1. The van der Waals surface area contributed by atoms with E-state index < -0.39 is 11.4 Å². The van der Waals surface area contributed by atoms with Gasteiger partial charge in [-0.15, -0.1) is 0 Å². The number of aliphatic imine (C=N–C) groups is 1. The van der Waals surface area contributed by atoms with E-state index in [1.54, 1.807) is 29.2 Å². The Balaban J connectivity index is 1.62. The van der Waals surface area contributed by atoms with Crippen LogP contribution in [-0.2, 0) is 15.1 Å². The molecule has 1 aromatic carbocycles. The van der Waals surface area contributed by atoms with Crippen molar-refractivity contribution < 1.29 is 19.1 Å². The fourth-order valence-electron chi connectivity index (χ4n) is 4.57. The maximum Gasteiger partial charge on any atom is 0.261 e. The third-order valence-corrected chi connectivity index (χ3v) is 6.67. The van der Waals surface area contributed by atoms with Gasteiger partial charge in [-0.3, -0.25) is 19.5 Å². The van der Waals surface area contributed by atoms with Crippen molar-refractivity contribution in [1.29, 1.82) is 0 Å². The van der Waals surface area contributed by atoms with Crippen LogP contribution in [0.5, 0.6) is 5.75 Å². The molecule has 10 heteroatoms. The number of nitrogens with one attached hydrogen (secondary N) is 1. The number of halogens is 1. The summed E-state index contributed by atoms with van der Waals surface area (Å²) in [4.78, 5) is 36.4. The van der Waals surface area contributed by atoms with Gasteiger partial charge in [0.25, 0.3) is 5.91 Å². The fraction of sp³-hybridized carbons (Fsp3) is 0.417. The minimum atomic E-state index is -0.974. The van der Waals surface area contributed by atoms with Crippen LogP contribution < -0.4 is 15.8 Å². The van der Waals surface area contributed by atoms with Crippen LogP contribution >= 0.6 is 11.6 Å². The van der Waals surface area contributed by atoms with Crippen LogP contribution in [0.4, 0.5) is 5.69 Å². The molecule has 1 saturated heterocycles. The molecule has 1 fully saturated rings. The lowest BCUT2D eigenvalue weighted by Gasteiger charge is -2.41. The topological polar surface area (TPSA) is 119 Å². The van der Waals surface area contributed by atoms with Gasteiger partial charge in [0.1, 0.15) is 5.75 Å². The predicted octanol–water partition coefficient (Wildman–Crippen LogP) is 3.33. The van der Waals surface area contributed by atoms with Gasteiger partial charge >= 0.3 is 0 Å². The number of rotatable bonds is 5. The van der Waals surface area contributed by atoms with Gasteiger partial charge in [-0.2, -0.15) is 0 Å². The lowest BCUT2D eigenvalue weighted by Crippen LogP contribution is -2.56. The number of benzene rings is 1. The van der Waals surface area contributed by atoms with E-state index in [0.717, 1.165) is 0 Å². The van der Waals surface area contributed by atoms with E-state index >= 15 is 0 Å². The molecule has 3 atom stereocenters. The van der Waals surface area contributed by atoms with E-state index in [1.165, 1.54) is 19.5 Å². The van der Waals surface area contributed by atoms with Crippen molar-refractivity contribution in [3.05, 3.63) is 52.8 Å². The SMILES string of the molecule is COc1ccncc1C(=O)Nc1cccc([C@]2(C)CC(=O)N([C@@H]3CCO[C@H](C)C3)C(N)=N2)c1Cl. The van der Waals surface area contributed by atoms with Gasteiger partial charge in [0, 0.05) is 30.6 Å². The second-order valence-corrected chi connectivity index (χ2v) is 9.12. The molecule has 180 valence electrons. The normalized spacial score (nSPS) is 25.0. The first-order valence-electron chi connectivity index (χ1n) is 11.1. The molecular weight excluding hydrogens is 458 g/mol. The molecule has 0 radical (unpaired) electrons. The van der Waals surface area contributed by atoms with Crippen molar-refractivity contribution in [3.63, 3.8) is 0 Å². The number of anilines is 1. The smallest absolute Gasteiger partial charge is 0.261 e. The van der Waals surface area contributed by atoms with E-state index in [0.29, 0.717) is 41.5 Å². The van der Waals surface area contributed by atoms with Crippen LogP contribution in [0.1, 0.15) is 49.0 Å². The molecule has 0 bridgehead atoms. The van der Waals surface area contributed by atoms with Crippen LogP contribution in [0.25, 0.3) is 0 Å². The van der Waals surface area contributed by atoms with Crippen LogP contribution in [0.15, 0.2) is 41.7 Å². The number of nitrogens with two attached hydrogens (primary N) is 1.